The zero-order valence-electron chi connectivity index (χ0n) is 14.9. The van der Waals surface area contributed by atoms with Crippen LogP contribution in [0.1, 0.15) is 27.2 Å². The van der Waals surface area contributed by atoms with E-state index in [-0.39, 0.29) is 11.6 Å². The number of nitrogens with zero attached hydrogens (tertiary/aromatic N) is 2. The molecule has 0 saturated carbocycles. The van der Waals surface area contributed by atoms with Gasteiger partial charge in [-0.15, -0.1) is 0 Å². The van der Waals surface area contributed by atoms with Gasteiger partial charge in [-0.25, -0.2) is 9.97 Å². The van der Waals surface area contributed by atoms with Crippen LogP contribution in [-0.4, -0.2) is 15.9 Å². The maximum atomic E-state index is 12.6. The highest BCUT2D eigenvalue weighted by atomic mass is 19.4. The molecule has 2 N–H and O–H groups in total. The molecule has 1 aromatic heterocycles. The van der Waals surface area contributed by atoms with Crippen LogP contribution in [0.15, 0.2) is 60.9 Å². The SMILES string of the molecule is Cc1ccccc1CNC(=O)c1cc(Nc2ccc(C(F)(F)F)cc2)ncn1. The highest BCUT2D eigenvalue weighted by molar-refractivity contribution is 5.92. The minimum Gasteiger partial charge on any atom is -0.347 e. The average Bonchev–Trinajstić information content (AvgIpc) is 2.67. The van der Waals surface area contributed by atoms with E-state index in [1.807, 2.05) is 31.2 Å². The van der Waals surface area contributed by atoms with E-state index in [1.54, 1.807) is 0 Å². The van der Waals surface area contributed by atoms with Gasteiger partial charge in [-0.05, 0) is 42.3 Å². The zero-order valence-corrected chi connectivity index (χ0v) is 14.9. The highest BCUT2D eigenvalue weighted by Gasteiger charge is 2.29. The summed E-state index contributed by atoms with van der Waals surface area (Å²) in [5.41, 5.74) is 1.89. The van der Waals surface area contributed by atoms with Crippen molar-refractivity contribution in [2.45, 2.75) is 19.6 Å². The van der Waals surface area contributed by atoms with Gasteiger partial charge in [0.25, 0.3) is 5.91 Å². The van der Waals surface area contributed by atoms with Crippen molar-refractivity contribution in [3.8, 4) is 0 Å². The Morgan fingerprint density at radius 3 is 2.43 bits per heavy atom. The summed E-state index contributed by atoms with van der Waals surface area (Å²) in [5, 5.41) is 5.65. The summed E-state index contributed by atoms with van der Waals surface area (Å²) in [7, 11) is 0. The lowest BCUT2D eigenvalue weighted by Gasteiger charge is -2.10. The highest BCUT2D eigenvalue weighted by Crippen LogP contribution is 2.30. The van der Waals surface area contributed by atoms with Crippen LogP contribution in [0.4, 0.5) is 24.7 Å². The number of anilines is 2. The second kappa shape index (κ2) is 8.08. The Morgan fingerprint density at radius 1 is 1.04 bits per heavy atom. The third-order valence-corrected chi connectivity index (χ3v) is 4.09. The fourth-order valence-electron chi connectivity index (χ4n) is 2.51. The summed E-state index contributed by atoms with van der Waals surface area (Å²) in [6, 6.07) is 13.7. The second-order valence-electron chi connectivity index (χ2n) is 6.10. The first kappa shape index (κ1) is 19.3. The zero-order chi connectivity index (χ0) is 20.1. The number of hydrogen-bond acceptors (Lipinski definition) is 4. The minimum absolute atomic E-state index is 0.151. The number of halogens is 3. The first-order chi connectivity index (χ1) is 13.3. The predicted molar refractivity (Wildman–Crippen MR) is 99.1 cm³/mol. The molecule has 8 heteroatoms. The molecule has 0 bridgehead atoms. The van der Waals surface area contributed by atoms with Gasteiger partial charge in [0.05, 0.1) is 5.56 Å². The van der Waals surface area contributed by atoms with Gasteiger partial charge in [0.15, 0.2) is 0 Å². The second-order valence-corrected chi connectivity index (χ2v) is 6.10. The van der Waals surface area contributed by atoms with Crippen LogP contribution in [0.2, 0.25) is 0 Å². The minimum atomic E-state index is -4.39. The van der Waals surface area contributed by atoms with Crippen LogP contribution in [-0.2, 0) is 12.7 Å². The molecule has 0 spiro atoms. The van der Waals surface area contributed by atoms with Gasteiger partial charge < -0.3 is 10.6 Å². The van der Waals surface area contributed by atoms with Crippen molar-refractivity contribution in [2.75, 3.05) is 5.32 Å². The topological polar surface area (TPSA) is 66.9 Å². The smallest absolute Gasteiger partial charge is 0.347 e. The molecule has 0 aliphatic rings. The van der Waals surface area contributed by atoms with Crippen molar-refractivity contribution in [1.82, 2.24) is 15.3 Å². The molecule has 3 aromatic rings. The Hall–Kier alpha value is -3.42. The fourth-order valence-corrected chi connectivity index (χ4v) is 2.51. The predicted octanol–water partition coefficient (Wildman–Crippen LogP) is 4.48. The van der Waals surface area contributed by atoms with Gasteiger partial charge in [-0.2, -0.15) is 13.2 Å². The van der Waals surface area contributed by atoms with E-state index < -0.39 is 11.7 Å². The van der Waals surface area contributed by atoms with Crippen LogP contribution < -0.4 is 10.6 Å². The Bertz CT molecular complexity index is 972. The van der Waals surface area contributed by atoms with Gasteiger partial charge in [0.1, 0.15) is 17.8 Å². The van der Waals surface area contributed by atoms with Crippen molar-refractivity contribution in [3.05, 3.63) is 83.3 Å². The lowest BCUT2D eigenvalue weighted by atomic mass is 10.1. The number of alkyl halides is 3. The molecule has 144 valence electrons. The number of nitrogens with one attached hydrogen (secondary N) is 2. The number of benzene rings is 2. The average molecular weight is 386 g/mol. The number of hydrogen-bond donors (Lipinski definition) is 2. The Balaban J connectivity index is 1.66. The Labute approximate surface area is 159 Å². The Kier molecular flexibility index (Phi) is 5.58. The maximum Gasteiger partial charge on any atom is 0.416 e. The lowest BCUT2D eigenvalue weighted by molar-refractivity contribution is -0.137. The van der Waals surface area contributed by atoms with Gasteiger partial charge in [-0.1, -0.05) is 24.3 Å². The summed E-state index contributed by atoms with van der Waals surface area (Å²) in [6.07, 6.45) is -3.18. The normalized spacial score (nSPS) is 11.1. The van der Waals surface area contributed by atoms with Crippen LogP contribution in [0, 0.1) is 6.92 Å². The molecule has 0 atom stereocenters. The number of aromatic nitrogens is 2. The molecule has 0 aliphatic carbocycles. The number of carbonyl (C=O) groups is 1. The molecule has 5 nitrogen and oxygen atoms in total. The molecule has 2 aromatic carbocycles. The van der Waals surface area contributed by atoms with Gasteiger partial charge in [0.2, 0.25) is 0 Å². The Morgan fingerprint density at radius 2 is 1.75 bits per heavy atom. The molecule has 3 rings (SSSR count). The summed E-state index contributed by atoms with van der Waals surface area (Å²) in [4.78, 5) is 20.3. The summed E-state index contributed by atoms with van der Waals surface area (Å²) >= 11 is 0. The summed E-state index contributed by atoms with van der Waals surface area (Å²) in [5.74, 6) is -0.0723. The molecule has 0 radical (unpaired) electrons. The van der Waals surface area contributed by atoms with Crippen molar-refractivity contribution >= 4 is 17.4 Å². The van der Waals surface area contributed by atoms with E-state index in [1.165, 1.54) is 24.5 Å². The summed E-state index contributed by atoms with van der Waals surface area (Å²) < 4.78 is 37.9. The first-order valence-corrected chi connectivity index (χ1v) is 8.42. The molecule has 28 heavy (non-hydrogen) atoms. The monoisotopic (exact) mass is 386 g/mol. The molecule has 1 amide bonds. The third kappa shape index (κ3) is 4.85. The fraction of sp³-hybridized carbons (Fsp3) is 0.150. The van der Waals surface area contributed by atoms with E-state index in [9.17, 15) is 18.0 Å². The van der Waals surface area contributed by atoms with Crippen LogP contribution >= 0.6 is 0 Å². The lowest BCUT2D eigenvalue weighted by Crippen LogP contribution is -2.24. The van der Waals surface area contributed by atoms with Crippen molar-refractivity contribution in [1.29, 1.82) is 0 Å². The van der Waals surface area contributed by atoms with E-state index in [2.05, 4.69) is 20.6 Å². The van der Waals surface area contributed by atoms with Gasteiger partial charge in [-0.3, -0.25) is 4.79 Å². The standard InChI is InChI=1S/C20H17F3N4O/c1-13-4-2-3-5-14(13)11-24-19(28)17-10-18(26-12-25-17)27-16-8-6-15(7-9-16)20(21,22)23/h2-10,12H,11H2,1H3,(H,24,28)(H,25,26,27). The number of aryl methyl sites for hydroxylation is 1. The molecule has 0 aliphatic heterocycles. The van der Waals surface area contributed by atoms with Crippen LogP contribution in [0.25, 0.3) is 0 Å². The van der Waals surface area contributed by atoms with E-state index in [0.717, 1.165) is 23.3 Å². The maximum absolute atomic E-state index is 12.6. The molecule has 0 unspecified atom stereocenters. The molecular formula is C20H17F3N4O. The first-order valence-electron chi connectivity index (χ1n) is 8.42. The van der Waals surface area contributed by atoms with Crippen molar-refractivity contribution in [3.63, 3.8) is 0 Å². The molecule has 1 heterocycles. The van der Waals surface area contributed by atoms with Crippen molar-refractivity contribution in [2.24, 2.45) is 0 Å². The van der Waals surface area contributed by atoms with E-state index in [0.29, 0.717) is 18.1 Å². The van der Waals surface area contributed by atoms with Crippen molar-refractivity contribution < 1.29 is 18.0 Å². The molecule has 0 fully saturated rings. The van der Waals surface area contributed by atoms with Crippen LogP contribution in [0.5, 0.6) is 0 Å². The molecular weight excluding hydrogens is 369 g/mol. The van der Waals surface area contributed by atoms with E-state index >= 15 is 0 Å². The number of carbonyl (C=O) groups excluding carboxylic acids is 1. The van der Waals surface area contributed by atoms with E-state index in [4.69, 9.17) is 0 Å². The molecule has 0 saturated heterocycles. The number of amides is 1. The van der Waals surface area contributed by atoms with Gasteiger partial charge >= 0.3 is 6.18 Å². The number of rotatable bonds is 5. The van der Waals surface area contributed by atoms with Crippen LogP contribution in [0.3, 0.4) is 0 Å². The summed E-state index contributed by atoms with van der Waals surface area (Å²) in [6.45, 7) is 2.31. The van der Waals surface area contributed by atoms with Gasteiger partial charge in [0, 0.05) is 18.3 Å². The largest absolute Gasteiger partial charge is 0.416 e. The quantitative estimate of drug-likeness (QED) is 0.679. The third-order valence-electron chi connectivity index (χ3n) is 4.09.